The van der Waals surface area contributed by atoms with Crippen LogP contribution in [0.2, 0.25) is 0 Å². The Kier molecular flexibility index (Phi) is 4.47. The number of esters is 1. The number of halogens is 1. The highest BCUT2D eigenvalue weighted by Gasteiger charge is 2.44. The van der Waals surface area contributed by atoms with E-state index in [-0.39, 0.29) is 17.2 Å². The van der Waals surface area contributed by atoms with Gasteiger partial charge in [-0.3, -0.25) is 4.79 Å². The van der Waals surface area contributed by atoms with E-state index in [4.69, 9.17) is 10.5 Å². The normalized spacial score (nSPS) is 16.2. The molecule has 1 saturated carbocycles. The van der Waals surface area contributed by atoms with Crippen LogP contribution < -0.4 is 5.73 Å². The Morgan fingerprint density at radius 2 is 2.21 bits per heavy atom. The lowest BCUT2D eigenvalue weighted by molar-refractivity contribution is -0.141. The molecule has 19 heavy (non-hydrogen) atoms. The third kappa shape index (κ3) is 3.94. The monoisotopic (exact) mass is 283 g/mol. The first kappa shape index (κ1) is 14.3. The molecule has 0 unspecified atom stereocenters. The molecule has 0 aliphatic heterocycles. The van der Waals surface area contributed by atoms with E-state index in [0.29, 0.717) is 13.0 Å². The van der Waals surface area contributed by atoms with Gasteiger partial charge < -0.3 is 10.5 Å². The molecule has 104 valence electrons. The molecule has 1 fully saturated rings. The van der Waals surface area contributed by atoms with Crippen LogP contribution in [-0.4, -0.2) is 18.8 Å². The zero-order valence-corrected chi connectivity index (χ0v) is 11.8. The van der Waals surface area contributed by atoms with Gasteiger partial charge in [-0.05, 0) is 42.0 Å². The van der Waals surface area contributed by atoms with Crippen molar-refractivity contribution in [2.24, 2.45) is 11.1 Å². The van der Waals surface area contributed by atoms with Crippen LogP contribution in [0.1, 0.15) is 24.8 Å². The van der Waals surface area contributed by atoms with E-state index in [2.05, 4.69) is 0 Å². The van der Waals surface area contributed by atoms with Crippen LogP contribution in [0.15, 0.2) is 23.1 Å². The van der Waals surface area contributed by atoms with Gasteiger partial charge in [-0.1, -0.05) is 0 Å². The number of hydrogen-bond donors (Lipinski definition) is 1. The average molecular weight is 283 g/mol. The Bertz CT molecular complexity index is 475. The summed E-state index contributed by atoms with van der Waals surface area (Å²) in [7, 11) is 1.41. The smallest absolute Gasteiger partial charge is 0.306 e. The Hall–Kier alpha value is -1.07. The maximum absolute atomic E-state index is 13.4. The van der Waals surface area contributed by atoms with E-state index in [9.17, 15) is 9.18 Å². The summed E-state index contributed by atoms with van der Waals surface area (Å²) in [5.41, 5.74) is 6.37. The summed E-state index contributed by atoms with van der Waals surface area (Å²) < 4.78 is 18.1. The lowest BCUT2D eigenvalue weighted by Gasteiger charge is -2.13. The molecule has 1 aromatic rings. The third-order valence-electron chi connectivity index (χ3n) is 3.42. The van der Waals surface area contributed by atoms with Gasteiger partial charge in [0.1, 0.15) is 5.82 Å². The number of nitrogens with two attached hydrogens (primary N) is 1. The highest BCUT2D eigenvalue weighted by molar-refractivity contribution is 7.99. The standard InChI is InChI=1S/C14H18FNO2S/c1-18-13(17)7-14(2-3-14)9-19-12-5-10(8-16)4-11(15)6-12/h4-6H,2-3,7-9,16H2,1H3. The quantitative estimate of drug-likeness (QED) is 0.644. The van der Waals surface area contributed by atoms with Crippen molar-refractivity contribution in [2.45, 2.75) is 30.7 Å². The predicted molar refractivity (Wildman–Crippen MR) is 73.3 cm³/mol. The molecule has 0 heterocycles. The Labute approximate surface area is 116 Å². The number of carbonyl (C=O) groups excluding carboxylic acids is 1. The second-order valence-corrected chi connectivity index (χ2v) is 6.09. The van der Waals surface area contributed by atoms with Gasteiger partial charge in [0, 0.05) is 17.2 Å². The molecule has 0 radical (unpaired) electrons. The van der Waals surface area contributed by atoms with Gasteiger partial charge in [-0.2, -0.15) is 0 Å². The van der Waals surface area contributed by atoms with Gasteiger partial charge in [0.15, 0.2) is 0 Å². The highest BCUT2D eigenvalue weighted by atomic mass is 32.2. The molecule has 2 rings (SSSR count). The number of rotatable bonds is 6. The minimum atomic E-state index is -0.261. The van der Waals surface area contributed by atoms with Gasteiger partial charge in [-0.25, -0.2) is 4.39 Å². The van der Waals surface area contributed by atoms with Crippen molar-refractivity contribution in [1.82, 2.24) is 0 Å². The lowest BCUT2D eigenvalue weighted by Crippen LogP contribution is -2.13. The van der Waals surface area contributed by atoms with Crippen LogP contribution in [0.25, 0.3) is 0 Å². The topological polar surface area (TPSA) is 52.3 Å². The summed E-state index contributed by atoms with van der Waals surface area (Å²) in [6, 6.07) is 4.87. The fourth-order valence-electron chi connectivity index (χ4n) is 1.99. The molecule has 0 atom stereocenters. The fraction of sp³-hybridized carbons (Fsp3) is 0.500. The van der Waals surface area contributed by atoms with Gasteiger partial charge >= 0.3 is 5.97 Å². The van der Waals surface area contributed by atoms with Crippen molar-refractivity contribution >= 4 is 17.7 Å². The van der Waals surface area contributed by atoms with E-state index < -0.39 is 0 Å². The summed E-state index contributed by atoms with van der Waals surface area (Å²) in [5.74, 6) is 0.388. The number of hydrogen-bond acceptors (Lipinski definition) is 4. The van der Waals surface area contributed by atoms with Crippen LogP contribution in [0.5, 0.6) is 0 Å². The Morgan fingerprint density at radius 1 is 1.47 bits per heavy atom. The van der Waals surface area contributed by atoms with Crippen molar-refractivity contribution in [3.8, 4) is 0 Å². The third-order valence-corrected chi connectivity index (χ3v) is 4.74. The largest absolute Gasteiger partial charge is 0.469 e. The average Bonchev–Trinajstić information content (AvgIpc) is 3.16. The van der Waals surface area contributed by atoms with Gasteiger partial charge in [0.2, 0.25) is 0 Å². The lowest BCUT2D eigenvalue weighted by atomic mass is 10.1. The van der Waals surface area contributed by atoms with Gasteiger partial charge in [0.05, 0.1) is 13.5 Å². The molecular weight excluding hydrogens is 265 g/mol. The first-order valence-electron chi connectivity index (χ1n) is 6.26. The summed E-state index contributed by atoms with van der Waals surface area (Å²) in [6.45, 7) is 0.332. The van der Waals surface area contributed by atoms with Crippen LogP contribution >= 0.6 is 11.8 Å². The predicted octanol–water partition coefficient (Wildman–Crippen LogP) is 2.72. The van der Waals surface area contributed by atoms with E-state index in [1.54, 1.807) is 11.8 Å². The van der Waals surface area contributed by atoms with Crippen LogP contribution in [0.3, 0.4) is 0 Å². The van der Waals surface area contributed by atoms with Crippen molar-refractivity contribution in [3.63, 3.8) is 0 Å². The van der Waals surface area contributed by atoms with Crippen molar-refractivity contribution in [2.75, 3.05) is 12.9 Å². The zero-order chi connectivity index (χ0) is 13.9. The first-order chi connectivity index (χ1) is 9.07. The van der Waals surface area contributed by atoms with Crippen LogP contribution in [-0.2, 0) is 16.1 Å². The molecular formula is C14H18FNO2S. The van der Waals surface area contributed by atoms with Crippen molar-refractivity contribution < 1.29 is 13.9 Å². The number of carbonyl (C=O) groups is 1. The second kappa shape index (κ2) is 5.92. The molecule has 0 spiro atoms. The van der Waals surface area contributed by atoms with Crippen LogP contribution in [0, 0.1) is 11.2 Å². The summed E-state index contributed by atoms with van der Waals surface area (Å²) in [5, 5.41) is 0. The maximum Gasteiger partial charge on any atom is 0.306 e. The Balaban J connectivity index is 1.95. The van der Waals surface area contributed by atoms with Crippen LogP contribution in [0.4, 0.5) is 4.39 Å². The molecule has 2 N–H and O–H groups in total. The number of methoxy groups -OCH3 is 1. The zero-order valence-electron chi connectivity index (χ0n) is 10.9. The van der Waals surface area contributed by atoms with E-state index >= 15 is 0 Å². The molecule has 1 aliphatic carbocycles. The molecule has 1 aliphatic rings. The summed E-state index contributed by atoms with van der Waals surface area (Å²) in [4.78, 5) is 12.2. The van der Waals surface area contributed by atoms with Gasteiger partial charge in [0.25, 0.3) is 0 Å². The SMILES string of the molecule is COC(=O)CC1(CSc2cc(F)cc(CN)c2)CC1. The number of ether oxygens (including phenoxy) is 1. The highest BCUT2D eigenvalue weighted by Crippen LogP contribution is 2.52. The Morgan fingerprint density at radius 3 is 2.79 bits per heavy atom. The molecule has 1 aromatic carbocycles. The first-order valence-corrected chi connectivity index (χ1v) is 7.25. The number of thioether (sulfide) groups is 1. The molecule has 3 nitrogen and oxygen atoms in total. The molecule has 5 heteroatoms. The van der Waals surface area contributed by atoms with Crippen molar-refractivity contribution in [1.29, 1.82) is 0 Å². The maximum atomic E-state index is 13.4. The molecule has 0 saturated heterocycles. The van der Waals surface area contributed by atoms with Gasteiger partial charge in [-0.15, -0.1) is 11.8 Å². The summed E-state index contributed by atoms with van der Waals surface area (Å²) in [6.07, 6.45) is 2.53. The van der Waals surface area contributed by atoms with E-state index in [1.165, 1.54) is 19.2 Å². The minimum Gasteiger partial charge on any atom is -0.469 e. The fourth-order valence-corrected chi connectivity index (χ4v) is 3.28. The van der Waals surface area contributed by atoms with E-state index in [0.717, 1.165) is 29.1 Å². The van der Waals surface area contributed by atoms with Crippen molar-refractivity contribution in [3.05, 3.63) is 29.6 Å². The molecule has 0 aromatic heterocycles. The minimum absolute atomic E-state index is 0.0486. The van der Waals surface area contributed by atoms with E-state index in [1.807, 2.05) is 6.07 Å². The molecule has 0 amide bonds. The second-order valence-electron chi connectivity index (χ2n) is 5.04. The molecule has 0 bridgehead atoms. The number of benzene rings is 1. The summed E-state index contributed by atoms with van der Waals surface area (Å²) >= 11 is 1.58.